The van der Waals surface area contributed by atoms with Crippen molar-refractivity contribution in [1.29, 1.82) is 0 Å². The van der Waals surface area contributed by atoms with Gasteiger partial charge in [-0.05, 0) is 18.9 Å². The highest BCUT2D eigenvalue weighted by atomic mass is 16.7. The van der Waals surface area contributed by atoms with Crippen LogP contribution >= 0.6 is 0 Å². The van der Waals surface area contributed by atoms with Crippen LogP contribution in [0.2, 0.25) is 0 Å². The Kier molecular flexibility index (Phi) is 5.54. The Morgan fingerprint density at radius 2 is 1.86 bits per heavy atom. The molecule has 2 saturated heterocycles. The van der Waals surface area contributed by atoms with E-state index in [-0.39, 0.29) is 5.91 Å². The van der Waals surface area contributed by atoms with E-state index >= 15 is 0 Å². The highest BCUT2D eigenvalue weighted by molar-refractivity contribution is 5.92. The quantitative estimate of drug-likeness (QED) is 0.853. The van der Waals surface area contributed by atoms with Gasteiger partial charge < -0.3 is 19.7 Å². The molecule has 148 valence electrons. The maximum absolute atomic E-state index is 12.6. The monoisotopic (exact) mass is 382 g/mol. The first kappa shape index (κ1) is 18.8. The van der Waals surface area contributed by atoms with Gasteiger partial charge in [0.05, 0.1) is 13.2 Å². The van der Waals surface area contributed by atoms with Crippen LogP contribution in [0, 0.1) is 6.92 Å². The first-order valence-electron chi connectivity index (χ1n) is 9.84. The van der Waals surface area contributed by atoms with Gasteiger partial charge in [-0.25, -0.2) is 9.97 Å². The number of carbonyl (C=O) groups excluding carboxylic acids is 1. The van der Waals surface area contributed by atoms with Crippen LogP contribution in [0.1, 0.15) is 34.7 Å². The molecule has 1 spiro atoms. The Morgan fingerprint density at radius 1 is 1.14 bits per heavy atom. The van der Waals surface area contributed by atoms with Gasteiger partial charge in [0.15, 0.2) is 5.79 Å². The summed E-state index contributed by atoms with van der Waals surface area (Å²) >= 11 is 0. The fourth-order valence-electron chi connectivity index (χ4n) is 3.75. The number of nitrogens with zero attached hydrogens (tertiary/aromatic N) is 3. The fraction of sp³-hybridized carbons (Fsp3) is 0.476. The summed E-state index contributed by atoms with van der Waals surface area (Å²) in [6.07, 6.45) is 2.39. The van der Waals surface area contributed by atoms with Crippen LogP contribution in [0.15, 0.2) is 36.4 Å². The van der Waals surface area contributed by atoms with E-state index < -0.39 is 5.79 Å². The Labute approximate surface area is 165 Å². The molecule has 1 aromatic carbocycles. The maximum atomic E-state index is 12.6. The average Bonchev–Trinajstić information content (AvgIpc) is 3.17. The largest absolute Gasteiger partial charge is 0.356 e. The zero-order valence-electron chi connectivity index (χ0n) is 16.2. The number of hydrogen-bond acceptors (Lipinski definition) is 6. The van der Waals surface area contributed by atoms with Gasteiger partial charge in [-0.1, -0.05) is 30.3 Å². The van der Waals surface area contributed by atoms with Crippen molar-refractivity contribution in [2.24, 2.45) is 0 Å². The summed E-state index contributed by atoms with van der Waals surface area (Å²) in [5.41, 5.74) is 1.60. The van der Waals surface area contributed by atoms with Crippen molar-refractivity contribution in [3.05, 3.63) is 53.5 Å². The van der Waals surface area contributed by atoms with E-state index in [9.17, 15) is 4.79 Å². The highest BCUT2D eigenvalue weighted by Crippen LogP contribution is 2.32. The van der Waals surface area contributed by atoms with Crippen LogP contribution in [-0.4, -0.2) is 54.5 Å². The number of hydrogen-bond donors (Lipinski definition) is 1. The Bertz CT molecular complexity index is 812. The first-order chi connectivity index (χ1) is 13.6. The molecule has 4 rings (SSSR count). The second-order valence-electron chi connectivity index (χ2n) is 7.24. The average molecular weight is 382 g/mol. The van der Waals surface area contributed by atoms with E-state index in [1.807, 2.05) is 25.1 Å². The van der Waals surface area contributed by atoms with Crippen molar-refractivity contribution < 1.29 is 14.3 Å². The Balaban J connectivity index is 1.37. The van der Waals surface area contributed by atoms with Gasteiger partial charge in [0.1, 0.15) is 17.3 Å². The third-order valence-corrected chi connectivity index (χ3v) is 5.26. The summed E-state index contributed by atoms with van der Waals surface area (Å²) < 4.78 is 11.6. The third kappa shape index (κ3) is 4.31. The number of ether oxygens (including phenoxy) is 2. The van der Waals surface area contributed by atoms with E-state index in [0.717, 1.165) is 38.2 Å². The zero-order chi connectivity index (χ0) is 19.4. The van der Waals surface area contributed by atoms with Crippen LogP contribution in [0.25, 0.3) is 0 Å². The molecular weight excluding hydrogens is 356 g/mol. The zero-order valence-corrected chi connectivity index (χ0v) is 16.2. The van der Waals surface area contributed by atoms with E-state index in [0.29, 0.717) is 31.3 Å². The number of rotatable bonds is 5. The number of carbonyl (C=O) groups is 1. The van der Waals surface area contributed by atoms with E-state index in [4.69, 9.17) is 9.47 Å². The molecule has 0 saturated carbocycles. The summed E-state index contributed by atoms with van der Waals surface area (Å²) in [5, 5.41) is 2.96. The molecule has 1 aromatic heterocycles. The molecule has 0 atom stereocenters. The van der Waals surface area contributed by atoms with Crippen molar-refractivity contribution in [2.75, 3.05) is 37.7 Å². The lowest BCUT2D eigenvalue weighted by molar-refractivity contribution is -0.169. The molecule has 0 aliphatic carbocycles. The van der Waals surface area contributed by atoms with Gasteiger partial charge in [0.25, 0.3) is 5.91 Å². The van der Waals surface area contributed by atoms with Gasteiger partial charge in [0, 0.05) is 38.5 Å². The minimum atomic E-state index is -0.420. The molecule has 2 aliphatic heterocycles. The number of aromatic nitrogens is 2. The summed E-state index contributed by atoms with van der Waals surface area (Å²) in [4.78, 5) is 23.6. The van der Waals surface area contributed by atoms with Gasteiger partial charge in [-0.3, -0.25) is 4.79 Å². The SMILES string of the molecule is Cc1nc(C(=O)NCCc2ccccc2)cc(N2CCC3(CC2)OCCO3)n1. The smallest absolute Gasteiger partial charge is 0.270 e. The maximum Gasteiger partial charge on any atom is 0.270 e. The molecule has 0 radical (unpaired) electrons. The van der Waals surface area contributed by atoms with Crippen LogP contribution in [0.4, 0.5) is 5.82 Å². The van der Waals surface area contributed by atoms with Gasteiger partial charge in [0.2, 0.25) is 0 Å². The lowest BCUT2D eigenvalue weighted by Gasteiger charge is -2.38. The summed E-state index contributed by atoms with van der Waals surface area (Å²) in [7, 11) is 0. The number of aryl methyl sites for hydroxylation is 1. The molecule has 1 amide bonds. The number of anilines is 1. The van der Waals surface area contributed by atoms with Crippen LogP contribution < -0.4 is 10.2 Å². The molecule has 0 bridgehead atoms. The predicted octanol–water partition coefficient (Wildman–Crippen LogP) is 2.10. The van der Waals surface area contributed by atoms with E-state index in [1.54, 1.807) is 6.07 Å². The van der Waals surface area contributed by atoms with E-state index in [1.165, 1.54) is 5.56 Å². The lowest BCUT2D eigenvalue weighted by Crippen LogP contribution is -2.45. The Morgan fingerprint density at radius 3 is 2.57 bits per heavy atom. The second-order valence-corrected chi connectivity index (χ2v) is 7.24. The van der Waals surface area contributed by atoms with Crippen molar-refractivity contribution in [3.63, 3.8) is 0 Å². The standard InChI is InChI=1S/C21H26N4O3/c1-16-23-18(20(26)22-10-7-17-5-3-2-4-6-17)15-19(24-16)25-11-8-21(9-12-25)27-13-14-28-21/h2-6,15H,7-14H2,1H3,(H,22,26). The lowest BCUT2D eigenvalue weighted by atomic mass is 10.0. The van der Waals surface area contributed by atoms with Crippen molar-refractivity contribution in [2.45, 2.75) is 32.0 Å². The van der Waals surface area contributed by atoms with Crippen LogP contribution in [-0.2, 0) is 15.9 Å². The minimum absolute atomic E-state index is 0.168. The van der Waals surface area contributed by atoms with Crippen molar-refractivity contribution in [3.8, 4) is 0 Å². The molecule has 2 aliphatic rings. The molecule has 1 N–H and O–H groups in total. The normalized spacial score (nSPS) is 18.4. The number of piperidine rings is 1. The molecule has 7 nitrogen and oxygen atoms in total. The molecule has 28 heavy (non-hydrogen) atoms. The van der Waals surface area contributed by atoms with Crippen molar-refractivity contribution >= 4 is 11.7 Å². The number of nitrogens with one attached hydrogen (secondary N) is 1. The van der Waals surface area contributed by atoms with Gasteiger partial charge in [-0.2, -0.15) is 0 Å². The summed E-state index contributed by atoms with van der Waals surface area (Å²) in [5.74, 6) is 0.794. The number of benzene rings is 1. The number of amides is 1. The predicted molar refractivity (Wildman–Crippen MR) is 105 cm³/mol. The van der Waals surface area contributed by atoms with Crippen LogP contribution in [0.3, 0.4) is 0 Å². The molecule has 2 aromatic rings. The van der Waals surface area contributed by atoms with Crippen molar-refractivity contribution in [1.82, 2.24) is 15.3 Å². The molecule has 2 fully saturated rings. The molecule has 7 heteroatoms. The minimum Gasteiger partial charge on any atom is -0.356 e. The van der Waals surface area contributed by atoms with E-state index in [2.05, 4.69) is 32.3 Å². The fourth-order valence-corrected chi connectivity index (χ4v) is 3.75. The first-order valence-corrected chi connectivity index (χ1v) is 9.84. The summed E-state index contributed by atoms with van der Waals surface area (Å²) in [6.45, 7) is 5.29. The van der Waals surface area contributed by atoms with Gasteiger partial charge >= 0.3 is 0 Å². The highest BCUT2D eigenvalue weighted by Gasteiger charge is 2.40. The molecular formula is C21H26N4O3. The molecule has 3 heterocycles. The topological polar surface area (TPSA) is 76.6 Å². The second kappa shape index (κ2) is 8.24. The van der Waals surface area contributed by atoms with Gasteiger partial charge in [-0.15, -0.1) is 0 Å². The Hall–Kier alpha value is -2.51. The summed E-state index contributed by atoms with van der Waals surface area (Å²) in [6, 6.07) is 11.9. The van der Waals surface area contributed by atoms with Crippen LogP contribution in [0.5, 0.6) is 0 Å². The molecule has 0 unspecified atom stereocenters. The third-order valence-electron chi connectivity index (χ3n) is 5.26.